The summed E-state index contributed by atoms with van der Waals surface area (Å²) in [7, 11) is 0. The number of para-hydroxylation sites is 2. The van der Waals surface area contributed by atoms with Gasteiger partial charge in [0.25, 0.3) is 5.91 Å². The van der Waals surface area contributed by atoms with E-state index in [-0.39, 0.29) is 23.7 Å². The molecule has 4 rings (SSSR count). The fourth-order valence-corrected chi connectivity index (χ4v) is 3.17. The van der Waals surface area contributed by atoms with E-state index < -0.39 is 5.91 Å². The first-order valence-corrected chi connectivity index (χ1v) is 9.76. The first kappa shape index (κ1) is 19.5. The van der Waals surface area contributed by atoms with Crippen molar-refractivity contribution in [3.63, 3.8) is 0 Å². The summed E-state index contributed by atoms with van der Waals surface area (Å²) in [6.45, 7) is 0.168. The topological polar surface area (TPSA) is 93.1 Å². The molecular weight excluding hydrogens is 448 g/mol. The number of rotatable bonds is 6. The monoisotopic (exact) mass is 462 g/mol. The van der Waals surface area contributed by atoms with Crippen molar-refractivity contribution in [1.82, 2.24) is 9.78 Å². The van der Waals surface area contributed by atoms with Crippen LogP contribution in [-0.4, -0.2) is 15.7 Å². The van der Waals surface area contributed by atoms with E-state index in [1.807, 2.05) is 60.7 Å². The highest BCUT2D eigenvalue weighted by atomic mass is 79.9. The normalized spacial score (nSPS) is 10.4. The molecule has 2 aromatic carbocycles. The lowest BCUT2D eigenvalue weighted by Gasteiger charge is -2.08. The molecular formula is C22H15BrN4O3. The molecule has 0 aliphatic rings. The zero-order chi connectivity index (χ0) is 20.9. The van der Waals surface area contributed by atoms with E-state index in [4.69, 9.17) is 9.15 Å². The van der Waals surface area contributed by atoms with Crippen molar-refractivity contribution in [2.24, 2.45) is 0 Å². The lowest BCUT2D eigenvalue weighted by atomic mass is 10.3. The molecule has 0 fully saturated rings. The molecule has 7 nitrogen and oxygen atoms in total. The van der Waals surface area contributed by atoms with Crippen molar-refractivity contribution >= 4 is 27.7 Å². The van der Waals surface area contributed by atoms with Crippen molar-refractivity contribution in [3.05, 3.63) is 94.5 Å². The van der Waals surface area contributed by atoms with Crippen LogP contribution in [0, 0.1) is 11.3 Å². The second kappa shape index (κ2) is 8.68. The molecule has 0 saturated heterocycles. The fraction of sp³-hybridized carbons (Fsp3) is 0.0455. The van der Waals surface area contributed by atoms with Gasteiger partial charge in [-0.15, -0.1) is 0 Å². The summed E-state index contributed by atoms with van der Waals surface area (Å²) >= 11 is 3.42. The SMILES string of the molecule is N#Cc1cnn(-c2ccccc2)c1NC(=O)c1ccc(COc2ccccc2Br)o1. The average Bonchev–Trinajstić information content (AvgIpc) is 3.41. The van der Waals surface area contributed by atoms with E-state index in [0.717, 1.165) is 10.2 Å². The zero-order valence-corrected chi connectivity index (χ0v) is 17.2. The van der Waals surface area contributed by atoms with Gasteiger partial charge in [-0.2, -0.15) is 10.4 Å². The van der Waals surface area contributed by atoms with Gasteiger partial charge in [0.15, 0.2) is 11.6 Å². The number of nitrogens with zero attached hydrogens (tertiary/aromatic N) is 3. The summed E-state index contributed by atoms with van der Waals surface area (Å²) in [6.07, 6.45) is 1.40. The van der Waals surface area contributed by atoms with E-state index in [1.54, 1.807) is 12.1 Å². The van der Waals surface area contributed by atoms with Crippen LogP contribution >= 0.6 is 15.9 Å². The Morgan fingerprint density at radius 1 is 1.13 bits per heavy atom. The quantitative estimate of drug-likeness (QED) is 0.438. The number of halogens is 1. The highest BCUT2D eigenvalue weighted by Crippen LogP contribution is 2.25. The second-order valence-corrected chi connectivity index (χ2v) is 7.06. The van der Waals surface area contributed by atoms with Crippen molar-refractivity contribution in [2.45, 2.75) is 6.61 Å². The summed E-state index contributed by atoms with van der Waals surface area (Å²) in [5.41, 5.74) is 0.965. The molecule has 0 aliphatic carbocycles. The molecule has 4 aromatic rings. The van der Waals surface area contributed by atoms with Crippen LogP contribution in [-0.2, 0) is 6.61 Å². The minimum absolute atomic E-state index is 0.102. The van der Waals surface area contributed by atoms with Crippen molar-refractivity contribution < 1.29 is 13.9 Å². The number of ether oxygens (including phenoxy) is 1. The Balaban J connectivity index is 1.50. The van der Waals surface area contributed by atoms with Gasteiger partial charge in [0.1, 0.15) is 29.7 Å². The van der Waals surface area contributed by atoms with Gasteiger partial charge in [-0.25, -0.2) is 4.68 Å². The maximum absolute atomic E-state index is 12.7. The molecule has 1 amide bonds. The number of aromatic nitrogens is 2. The van der Waals surface area contributed by atoms with Gasteiger partial charge in [0.05, 0.1) is 16.4 Å². The van der Waals surface area contributed by atoms with Crippen LogP contribution in [0.15, 0.2) is 81.8 Å². The molecule has 0 spiro atoms. The Bertz CT molecular complexity index is 1220. The standard InChI is InChI=1S/C22H15BrN4O3/c23-18-8-4-5-9-19(18)29-14-17-10-11-20(30-17)22(28)26-21-15(12-24)13-25-27(21)16-6-2-1-3-7-16/h1-11,13H,14H2,(H,26,28). The number of anilines is 1. The molecule has 0 aliphatic heterocycles. The number of furan rings is 1. The summed E-state index contributed by atoms with van der Waals surface area (Å²) in [5.74, 6) is 1.05. The highest BCUT2D eigenvalue weighted by molar-refractivity contribution is 9.10. The third-order valence-corrected chi connectivity index (χ3v) is 4.87. The van der Waals surface area contributed by atoms with Crippen LogP contribution in [0.2, 0.25) is 0 Å². The van der Waals surface area contributed by atoms with Gasteiger partial charge in [-0.05, 0) is 52.3 Å². The van der Waals surface area contributed by atoms with Gasteiger partial charge >= 0.3 is 0 Å². The maximum atomic E-state index is 12.7. The summed E-state index contributed by atoms with van der Waals surface area (Å²) in [6, 6.07) is 21.9. The Kier molecular flexibility index (Phi) is 5.63. The van der Waals surface area contributed by atoms with Crippen LogP contribution in [0.4, 0.5) is 5.82 Å². The molecule has 1 N–H and O–H groups in total. The first-order chi connectivity index (χ1) is 14.7. The smallest absolute Gasteiger partial charge is 0.292 e. The molecule has 0 saturated carbocycles. The highest BCUT2D eigenvalue weighted by Gasteiger charge is 2.18. The number of benzene rings is 2. The molecule has 0 atom stereocenters. The molecule has 8 heteroatoms. The Morgan fingerprint density at radius 3 is 2.67 bits per heavy atom. The number of nitriles is 1. The zero-order valence-electron chi connectivity index (χ0n) is 15.6. The Hall–Kier alpha value is -3.83. The van der Waals surface area contributed by atoms with Crippen LogP contribution in [0.1, 0.15) is 21.9 Å². The third kappa shape index (κ3) is 4.11. The number of nitrogens with one attached hydrogen (secondary N) is 1. The number of carbonyl (C=O) groups is 1. The van der Waals surface area contributed by atoms with Crippen molar-refractivity contribution in [1.29, 1.82) is 5.26 Å². The van der Waals surface area contributed by atoms with Gasteiger partial charge in [-0.1, -0.05) is 30.3 Å². The molecule has 0 bridgehead atoms. The number of amides is 1. The van der Waals surface area contributed by atoms with Crippen LogP contribution < -0.4 is 10.1 Å². The summed E-state index contributed by atoms with van der Waals surface area (Å²) < 4.78 is 13.6. The number of carbonyl (C=O) groups excluding carboxylic acids is 1. The largest absolute Gasteiger partial charge is 0.484 e. The van der Waals surface area contributed by atoms with Crippen LogP contribution in [0.3, 0.4) is 0 Å². The van der Waals surface area contributed by atoms with Crippen LogP contribution in [0.25, 0.3) is 5.69 Å². The third-order valence-electron chi connectivity index (χ3n) is 4.21. The minimum atomic E-state index is -0.490. The Morgan fingerprint density at radius 2 is 1.90 bits per heavy atom. The molecule has 2 heterocycles. The van der Waals surface area contributed by atoms with Gasteiger partial charge in [0.2, 0.25) is 0 Å². The van der Waals surface area contributed by atoms with E-state index in [9.17, 15) is 10.1 Å². The molecule has 0 unspecified atom stereocenters. The lowest BCUT2D eigenvalue weighted by molar-refractivity contribution is 0.0992. The summed E-state index contributed by atoms with van der Waals surface area (Å²) in [5, 5.41) is 16.3. The van der Waals surface area contributed by atoms with Crippen molar-refractivity contribution in [2.75, 3.05) is 5.32 Å². The summed E-state index contributed by atoms with van der Waals surface area (Å²) in [4.78, 5) is 12.7. The minimum Gasteiger partial charge on any atom is -0.484 e. The maximum Gasteiger partial charge on any atom is 0.292 e. The van der Waals surface area contributed by atoms with Gasteiger partial charge in [0, 0.05) is 0 Å². The lowest BCUT2D eigenvalue weighted by Crippen LogP contribution is -2.15. The van der Waals surface area contributed by atoms with Gasteiger partial charge in [-0.3, -0.25) is 4.79 Å². The van der Waals surface area contributed by atoms with E-state index >= 15 is 0 Å². The van der Waals surface area contributed by atoms with E-state index in [1.165, 1.54) is 10.9 Å². The van der Waals surface area contributed by atoms with E-state index in [2.05, 4.69) is 26.3 Å². The fourth-order valence-electron chi connectivity index (χ4n) is 2.77. The Labute approximate surface area is 180 Å². The number of hydrogen-bond acceptors (Lipinski definition) is 5. The predicted octanol–water partition coefficient (Wildman–Crippen LogP) is 4.93. The average molecular weight is 463 g/mol. The van der Waals surface area contributed by atoms with E-state index in [0.29, 0.717) is 11.5 Å². The second-order valence-electron chi connectivity index (χ2n) is 6.21. The molecule has 30 heavy (non-hydrogen) atoms. The van der Waals surface area contributed by atoms with Crippen molar-refractivity contribution in [3.8, 4) is 17.5 Å². The van der Waals surface area contributed by atoms with Gasteiger partial charge < -0.3 is 14.5 Å². The molecule has 2 aromatic heterocycles. The molecule has 0 radical (unpaired) electrons. The first-order valence-electron chi connectivity index (χ1n) is 8.96. The van der Waals surface area contributed by atoms with Crippen LogP contribution in [0.5, 0.6) is 5.75 Å². The number of hydrogen-bond donors (Lipinski definition) is 1. The molecule has 148 valence electrons. The predicted molar refractivity (Wildman–Crippen MR) is 113 cm³/mol.